The van der Waals surface area contributed by atoms with Gasteiger partial charge < -0.3 is 14.7 Å². The van der Waals surface area contributed by atoms with Gasteiger partial charge in [0.15, 0.2) is 0 Å². The molecule has 0 saturated heterocycles. The molecule has 0 saturated carbocycles. The van der Waals surface area contributed by atoms with Crippen LogP contribution in [0.3, 0.4) is 0 Å². The molecule has 0 spiro atoms. The minimum atomic E-state index is -0.450. The SMILES string of the molecule is C=CCC[C@@H](O)CN(CC)CC(=O)N1CCc2sccc2[C@@H]1COc1ccc(C)cc1C. The van der Waals surface area contributed by atoms with Crippen LogP contribution in [-0.4, -0.2) is 59.7 Å². The van der Waals surface area contributed by atoms with Crippen molar-refractivity contribution in [3.8, 4) is 5.75 Å². The van der Waals surface area contributed by atoms with Crippen LogP contribution in [0.5, 0.6) is 5.75 Å². The number of nitrogens with zero attached hydrogens (tertiary/aromatic N) is 2. The zero-order valence-electron chi connectivity index (χ0n) is 19.5. The third-order valence-electron chi connectivity index (χ3n) is 6.12. The lowest BCUT2D eigenvalue weighted by Crippen LogP contribution is -2.47. The maximum atomic E-state index is 13.4. The molecule has 1 aromatic carbocycles. The molecule has 0 unspecified atom stereocenters. The van der Waals surface area contributed by atoms with Crippen LogP contribution in [0.2, 0.25) is 0 Å². The van der Waals surface area contributed by atoms with Gasteiger partial charge in [0.25, 0.3) is 0 Å². The molecule has 6 heteroatoms. The molecule has 0 aliphatic carbocycles. The number of benzene rings is 1. The lowest BCUT2D eigenvalue weighted by atomic mass is 10.00. The summed E-state index contributed by atoms with van der Waals surface area (Å²) in [5.74, 6) is 0.958. The monoisotopic (exact) mass is 456 g/mol. The van der Waals surface area contributed by atoms with Crippen LogP contribution in [0.15, 0.2) is 42.3 Å². The van der Waals surface area contributed by atoms with Gasteiger partial charge in [0.2, 0.25) is 5.91 Å². The predicted molar refractivity (Wildman–Crippen MR) is 131 cm³/mol. The highest BCUT2D eigenvalue weighted by Gasteiger charge is 2.33. The molecule has 32 heavy (non-hydrogen) atoms. The maximum Gasteiger partial charge on any atom is 0.237 e. The van der Waals surface area contributed by atoms with Gasteiger partial charge in [-0.15, -0.1) is 17.9 Å². The number of amides is 1. The molecule has 1 aliphatic rings. The highest BCUT2D eigenvalue weighted by molar-refractivity contribution is 7.10. The van der Waals surface area contributed by atoms with Crippen molar-refractivity contribution in [2.45, 2.75) is 52.2 Å². The molecule has 3 rings (SSSR count). The highest BCUT2D eigenvalue weighted by Crippen LogP contribution is 2.34. The molecule has 0 radical (unpaired) electrons. The van der Waals surface area contributed by atoms with E-state index in [1.807, 2.05) is 28.9 Å². The minimum Gasteiger partial charge on any atom is -0.491 e. The first-order valence-electron chi connectivity index (χ1n) is 11.5. The standard InChI is InChI=1S/C26H36N2O3S/c1-5-7-8-21(29)16-27(6-2)17-26(30)28-13-11-25-22(12-14-32-25)23(28)18-31-24-10-9-19(3)15-20(24)4/h5,9-10,12,14-15,21,23,29H,1,6-8,11,13,16-18H2,2-4H3/t21-,23+/m1/s1. The number of hydrogen-bond acceptors (Lipinski definition) is 5. The third-order valence-corrected chi connectivity index (χ3v) is 7.12. The normalized spacial score (nSPS) is 16.7. The summed E-state index contributed by atoms with van der Waals surface area (Å²) in [6.45, 7) is 12.5. The van der Waals surface area contributed by atoms with Crippen LogP contribution < -0.4 is 4.74 Å². The van der Waals surface area contributed by atoms with E-state index in [2.05, 4.69) is 44.0 Å². The van der Waals surface area contributed by atoms with E-state index in [0.29, 0.717) is 32.7 Å². The van der Waals surface area contributed by atoms with Crippen LogP contribution in [0, 0.1) is 13.8 Å². The van der Waals surface area contributed by atoms with Crippen LogP contribution >= 0.6 is 11.3 Å². The van der Waals surface area contributed by atoms with E-state index in [0.717, 1.165) is 30.7 Å². The predicted octanol–water partition coefficient (Wildman–Crippen LogP) is 4.52. The van der Waals surface area contributed by atoms with Gasteiger partial charge in [-0.2, -0.15) is 0 Å². The van der Waals surface area contributed by atoms with Gasteiger partial charge in [0.1, 0.15) is 12.4 Å². The van der Waals surface area contributed by atoms with Gasteiger partial charge in [0.05, 0.1) is 18.7 Å². The minimum absolute atomic E-state index is 0.0915. The first kappa shape index (κ1) is 24.5. The van der Waals surface area contributed by atoms with Crippen molar-refractivity contribution in [1.29, 1.82) is 0 Å². The Bertz CT molecular complexity index is 910. The van der Waals surface area contributed by atoms with E-state index in [1.54, 1.807) is 11.3 Å². The zero-order valence-corrected chi connectivity index (χ0v) is 20.4. The summed E-state index contributed by atoms with van der Waals surface area (Å²) in [6.07, 6.45) is 3.69. The Balaban J connectivity index is 1.70. The van der Waals surface area contributed by atoms with Gasteiger partial charge in [-0.1, -0.05) is 30.7 Å². The molecule has 1 N–H and O–H groups in total. The third kappa shape index (κ3) is 6.21. The second kappa shape index (κ2) is 11.6. The van der Waals surface area contributed by atoms with Crippen LogP contribution in [0.25, 0.3) is 0 Å². The van der Waals surface area contributed by atoms with Gasteiger partial charge in [0, 0.05) is 18.0 Å². The lowest BCUT2D eigenvalue weighted by molar-refractivity contribution is -0.136. The molecule has 0 fully saturated rings. The fourth-order valence-corrected chi connectivity index (χ4v) is 5.22. The summed E-state index contributed by atoms with van der Waals surface area (Å²) >= 11 is 1.76. The molecule has 2 heterocycles. The molecule has 5 nitrogen and oxygen atoms in total. The number of aliphatic hydroxyl groups is 1. The number of aryl methyl sites for hydroxylation is 2. The van der Waals surface area contributed by atoms with E-state index < -0.39 is 6.10 Å². The summed E-state index contributed by atoms with van der Waals surface area (Å²) in [6, 6.07) is 8.22. The van der Waals surface area contributed by atoms with E-state index in [4.69, 9.17) is 4.74 Å². The second-order valence-electron chi connectivity index (χ2n) is 8.58. The number of rotatable bonds is 11. The van der Waals surface area contributed by atoms with Gasteiger partial charge in [-0.3, -0.25) is 9.69 Å². The molecular weight excluding hydrogens is 420 g/mol. The Morgan fingerprint density at radius 1 is 1.41 bits per heavy atom. The van der Waals surface area contributed by atoms with E-state index in [1.165, 1.54) is 16.0 Å². The van der Waals surface area contributed by atoms with Crippen molar-refractivity contribution in [3.05, 3.63) is 63.9 Å². The Morgan fingerprint density at radius 3 is 2.94 bits per heavy atom. The second-order valence-corrected chi connectivity index (χ2v) is 9.58. The van der Waals surface area contributed by atoms with Gasteiger partial charge in [-0.25, -0.2) is 0 Å². The summed E-state index contributed by atoms with van der Waals surface area (Å²) in [5, 5.41) is 12.4. The average molecular weight is 457 g/mol. The maximum absolute atomic E-state index is 13.4. The number of aliphatic hydroxyl groups excluding tert-OH is 1. The molecule has 174 valence electrons. The fourth-order valence-electron chi connectivity index (χ4n) is 4.29. The number of carbonyl (C=O) groups is 1. The first-order chi connectivity index (χ1) is 15.4. The summed E-state index contributed by atoms with van der Waals surface area (Å²) in [7, 11) is 0. The lowest BCUT2D eigenvalue weighted by Gasteiger charge is -2.37. The summed E-state index contributed by atoms with van der Waals surface area (Å²) in [4.78, 5) is 18.7. The summed E-state index contributed by atoms with van der Waals surface area (Å²) in [5.41, 5.74) is 3.52. The largest absolute Gasteiger partial charge is 0.491 e. The Labute approximate surface area is 196 Å². The van der Waals surface area contributed by atoms with Crippen LogP contribution in [-0.2, 0) is 11.2 Å². The van der Waals surface area contributed by atoms with Crippen molar-refractivity contribution in [1.82, 2.24) is 9.80 Å². The molecule has 1 aliphatic heterocycles. The number of hydrogen-bond donors (Lipinski definition) is 1. The number of likely N-dealkylation sites (N-methyl/N-ethyl adjacent to an activating group) is 1. The van der Waals surface area contributed by atoms with E-state index >= 15 is 0 Å². The zero-order chi connectivity index (χ0) is 23.1. The molecule has 1 aromatic heterocycles. The molecule has 1 amide bonds. The van der Waals surface area contributed by atoms with Crippen molar-refractivity contribution < 1.29 is 14.6 Å². The number of carbonyl (C=O) groups excluding carboxylic acids is 1. The Morgan fingerprint density at radius 2 is 2.22 bits per heavy atom. The molecule has 2 atom stereocenters. The average Bonchev–Trinajstić information content (AvgIpc) is 3.25. The number of ether oxygens (including phenoxy) is 1. The van der Waals surface area contributed by atoms with Crippen molar-refractivity contribution in [2.24, 2.45) is 0 Å². The number of thiophene rings is 1. The number of allylic oxidation sites excluding steroid dienone is 1. The topological polar surface area (TPSA) is 53.0 Å². The fraction of sp³-hybridized carbons (Fsp3) is 0.500. The number of fused-ring (bicyclic) bond motifs is 1. The van der Waals surface area contributed by atoms with Crippen molar-refractivity contribution in [2.75, 3.05) is 32.8 Å². The molecular formula is C26H36N2O3S. The van der Waals surface area contributed by atoms with Crippen LogP contribution in [0.1, 0.15) is 47.4 Å². The van der Waals surface area contributed by atoms with Crippen LogP contribution in [0.4, 0.5) is 0 Å². The highest BCUT2D eigenvalue weighted by atomic mass is 32.1. The van der Waals surface area contributed by atoms with Gasteiger partial charge >= 0.3 is 0 Å². The first-order valence-corrected chi connectivity index (χ1v) is 12.4. The Kier molecular flexibility index (Phi) is 8.91. The molecule has 0 bridgehead atoms. The van der Waals surface area contributed by atoms with Crippen molar-refractivity contribution in [3.63, 3.8) is 0 Å². The quantitative estimate of drug-likeness (QED) is 0.505. The van der Waals surface area contributed by atoms with Gasteiger partial charge in [-0.05, 0) is 68.3 Å². The van der Waals surface area contributed by atoms with E-state index in [9.17, 15) is 9.90 Å². The summed E-state index contributed by atoms with van der Waals surface area (Å²) < 4.78 is 6.23. The van der Waals surface area contributed by atoms with Crippen molar-refractivity contribution >= 4 is 17.2 Å². The smallest absolute Gasteiger partial charge is 0.237 e. The Hall–Kier alpha value is -2.15. The van der Waals surface area contributed by atoms with E-state index in [-0.39, 0.29) is 11.9 Å². The molecule has 2 aromatic rings.